The largest absolute Gasteiger partial charge is 0.314 e. The molecule has 94 valence electrons. The maximum Gasteiger partial charge on any atom is 0.169 e. The van der Waals surface area contributed by atoms with E-state index >= 15 is 0 Å². The molecular weight excluding hydrogens is 224 g/mol. The first-order chi connectivity index (χ1) is 7.97. The van der Waals surface area contributed by atoms with Crippen LogP contribution in [0.15, 0.2) is 12.1 Å². The molecule has 0 saturated carbocycles. The van der Waals surface area contributed by atoms with Gasteiger partial charge >= 0.3 is 0 Å². The molecule has 0 aliphatic heterocycles. The number of hydrogen-bond acceptors (Lipinski definition) is 2. The zero-order valence-corrected chi connectivity index (χ0v) is 10.3. The molecule has 1 atom stereocenters. The Morgan fingerprint density at radius 2 is 2.00 bits per heavy atom. The highest BCUT2D eigenvalue weighted by Crippen LogP contribution is 2.17. The Morgan fingerprint density at radius 3 is 2.59 bits per heavy atom. The van der Waals surface area contributed by atoms with Crippen LogP contribution >= 0.6 is 0 Å². The van der Waals surface area contributed by atoms with Gasteiger partial charge in [0, 0.05) is 12.5 Å². The fourth-order valence-electron chi connectivity index (χ4n) is 1.67. The van der Waals surface area contributed by atoms with E-state index in [-0.39, 0.29) is 29.4 Å². The molecule has 4 heteroatoms. The van der Waals surface area contributed by atoms with Crippen LogP contribution in [0.5, 0.6) is 0 Å². The Labute approximate surface area is 100 Å². The normalized spacial score (nSPS) is 12.5. The summed E-state index contributed by atoms with van der Waals surface area (Å²) in [5.74, 6) is -2.36. The molecule has 0 heterocycles. The van der Waals surface area contributed by atoms with Gasteiger partial charge in [-0.2, -0.15) is 0 Å². The van der Waals surface area contributed by atoms with Gasteiger partial charge in [-0.05, 0) is 32.0 Å². The topological polar surface area (TPSA) is 29.1 Å². The zero-order valence-electron chi connectivity index (χ0n) is 10.3. The predicted octanol–water partition coefficient (Wildman–Crippen LogP) is 2.84. The van der Waals surface area contributed by atoms with Crippen LogP contribution < -0.4 is 5.32 Å². The van der Waals surface area contributed by atoms with Gasteiger partial charge in [-0.3, -0.25) is 4.79 Å². The van der Waals surface area contributed by atoms with Crippen molar-refractivity contribution in [2.75, 3.05) is 6.54 Å². The van der Waals surface area contributed by atoms with Crippen molar-refractivity contribution in [2.45, 2.75) is 33.2 Å². The molecule has 0 radical (unpaired) electrons. The van der Waals surface area contributed by atoms with Crippen LogP contribution in [0.4, 0.5) is 8.78 Å². The molecule has 0 aliphatic carbocycles. The molecule has 2 nitrogen and oxygen atoms in total. The maximum atomic E-state index is 13.5. The molecule has 1 unspecified atom stereocenters. The van der Waals surface area contributed by atoms with Gasteiger partial charge in [0.2, 0.25) is 0 Å². The van der Waals surface area contributed by atoms with E-state index in [0.717, 1.165) is 6.54 Å². The minimum atomic E-state index is -1.04. The van der Waals surface area contributed by atoms with Crippen LogP contribution in [0.2, 0.25) is 0 Å². The molecule has 1 rings (SSSR count). The molecule has 0 aliphatic rings. The van der Waals surface area contributed by atoms with Crippen molar-refractivity contribution in [3.8, 4) is 0 Å². The number of aryl methyl sites for hydroxylation is 1. The van der Waals surface area contributed by atoms with Crippen LogP contribution in [0, 0.1) is 18.6 Å². The first kappa shape index (κ1) is 13.8. The van der Waals surface area contributed by atoms with Gasteiger partial charge in [-0.15, -0.1) is 0 Å². The fraction of sp³-hybridized carbons (Fsp3) is 0.462. The van der Waals surface area contributed by atoms with Crippen molar-refractivity contribution < 1.29 is 13.6 Å². The van der Waals surface area contributed by atoms with Crippen molar-refractivity contribution in [3.05, 3.63) is 34.9 Å². The number of ketones is 1. The minimum absolute atomic E-state index is 0.0451. The number of Topliss-reactive ketones (excluding diaryl/α,β-unsaturated/α-hetero) is 1. The summed E-state index contributed by atoms with van der Waals surface area (Å²) < 4.78 is 26.8. The Balaban J connectivity index is 2.86. The van der Waals surface area contributed by atoms with Gasteiger partial charge < -0.3 is 5.32 Å². The summed E-state index contributed by atoms with van der Waals surface area (Å²) in [6.07, 6.45) is 0.160. The Bertz CT molecular complexity index is 418. The number of hydrogen-bond donors (Lipinski definition) is 1. The number of rotatable bonds is 5. The third kappa shape index (κ3) is 3.33. The monoisotopic (exact) mass is 241 g/mol. The average Bonchev–Trinajstić information content (AvgIpc) is 2.26. The second-order valence-corrected chi connectivity index (χ2v) is 4.14. The van der Waals surface area contributed by atoms with Gasteiger partial charge in [0.1, 0.15) is 0 Å². The van der Waals surface area contributed by atoms with Crippen molar-refractivity contribution in [2.24, 2.45) is 0 Å². The maximum absolute atomic E-state index is 13.5. The van der Waals surface area contributed by atoms with E-state index in [9.17, 15) is 13.6 Å². The van der Waals surface area contributed by atoms with E-state index in [2.05, 4.69) is 5.32 Å². The number of carbonyl (C=O) groups is 1. The van der Waals surface area contributed by atoms with E-state index in [1.165, 1.54) is 19.1 Å². The van der Waals surface area contributed by atoms with E-state index in [1.54, 1.807) is 0 Å². The van der Waals surface area contributed by atoms with Crippen LogP contribution in [0.3, 0.4) is 0 Å². The highest BCUT2D eigenvalue weighted by Gasteiger charge is 2.18. The van der Waals surface area contributed by atoms with E-state index in [4.69, 9.17) is 0 Å². The Hall–Kier alpha value is -1.29. The van der Waals surface area contributed by atoms with E-state index in [1.807, 2.05) is 13.8 Å². The molecule has 1 aromatic carbocycles. The first-order valence-electron chi connectivity index (χ1n) is 5.68. The molecule has 0 bridgehead atoms. The van der Waals surface area contributed by atoms with Crippen molar-refractivity contribution in [1.82, 2.24) is 5.32 Å². The summed E-state index contributed by atoms with van der Waals surface area (Å²) in [6, 6.07) is 2.72. The van der Waals surface area contributed by atoms with Crippen LogP contribution in [-0.4, -0.2) is 18.4 Å². The lowest BCUT2D eigenvalue weighted by Crippen LogP contribution is -2.28. The van der Waals surface area contributed by atoms with E-state index in [0.29, 0.717) is 0 Å². The van der Waals surface area contributed by atoms with Gasteiger partial charge in [0.05, 0.1) is 5.56 Å². The minimum Gasteiger partial charge on any atom is -0.314 e. The summed E-state index contributed by atoms with van der Waals surface area (Å²) in [7, 11) is 0. The van der Waals surface area contributed by atoms with Crippen molar-refractivity contribution in [3.63, 3.8) is 0 Å². The Kier molecular flexibility index (Phi) is 4.75. The summed E-state index contributed by atoms with van der Waals surface area (Å²) in [5, 5.41) is 3.05. The first-order valence-corrected chi connectivity index (χ1v) is 5.68. The number of halogens is 2. The van der Waals surface area contributed by atoms with Gasteiger partial charge in [-0.25, -0.2) is 8.78 Å². The molecule has 0 aromatic heterocycles. The average molecular weight is 241 g/mol. The highest BCUT2D eigenvalue weighted by atomic mass is 19.2. The lowest BCUT2D eigenvalue weighted by atomic mass is 10.0. The van der Waals surface area contributed by atoms with E-state index < -0.39 is 11.6 Å². The quantitative estimate of drug-likeness (QED) is 0.803. The summed E-state index contributed by atoms with van der Waals surface area (Å²) in [6.45, 7) is 5.96. The van der Waals surface area contributed by atoms with Crippen LogP contribution in [0.1, 0.15) is 36.2 Å². The summed E-state index contributed by atoms with van der Waals surface area (Å²) >= 11 is 0. The third-order valence-corrected chi connectivity index (χ3v) is 2.62. The molecule has 17 heavy (non-hydrogen) atoms. The van der Waals surface area contributed by atoms with Gasteiger partial charge in [-0.1, -0.05) is 13.0 Å². The predicted molar refractivity (Wildman–Crippen MR) is 63.2 cm³/mol. The molecular formula is C13H17F2NO. The lowest BCUT2D eigenvalue weighted by Gasteiger charge is -2.12. The molecule has 0 saturated heterocycles. The van der Waals surface area contributed by atoms with Crippen LogP contribution in [0.25, 0.3) is 0 Å². The highest BCUT2D eigenvalue weighted by molar-refractivity contribution is 5.96. The molecule has 1 N–H and O–H groups in total. The third-order valence-electron chi connectivity index (χ3n) is 2.62. The second kappa shape index (κ2) is 5.87. The van der Waals surface area contributed by atoms with Gasteiger partial charge in [0.15, 0.2) is 17.4 Å². The Morgan fingerprint density at radius 1 is 1.35 bits per heavy atom. The fourth-order valence-corrected chi connectivity index (χ4v) is 1.67. The standard InChI is InChI=1S/C13H17F2NO/c1-4-16-9(3)7-11(17)10-6-5-8(2)12(14)13(10)15/h5-6,9,16H,4,7H2,1-3H3. The molecule has 0 spiro atoms. The molecule has 0 amide bonds. The SMILES string of the molecule is CCNC(C)CC(=O)c1ccc(C)c(F)c1F. The number of nitrogens with one attached hydrogen (secondary N) is 1. The summed E-state index contributed by atoms with van der Waals surface area (Å²) in [4.78, 5) is 11.8. The van der Waals surface area contributed by atoms with Gasteiger partial charge in [0.25, 0.3) is 0 Å². The van der Waals surface area contributed by atoms with Crippen molar-refractivity contribution >= 4 is 5.78 Å². The molecule has 0 fully saturated rings. The number of benzene rings is 1. The van der Waals surface area contributed by atoms with Crippen LogP contribution in [-0.2, 0) is 0 Å². The number of carbonyl (C=O) groups excluding carboxylic acids is 1. The summed E-state index contributed by atoms with van der Waals surface area (Å²) in [5.41, 5.74) is 0.0386. The van der Waals surface area contributed by atoms with Crippen molar-refractivity contribution in [1.29, 1.82) is 0 Å². The smallest absolute Gasteiger partial charge is 0.169 e. The lowest BCUT2D eigenvalue weighted by molar-refractivity contribution is 0.0967. The molecule has 1 aromatic rings. The second-order valence-electron chi connectivity index (χ2n) is 4.14. The zero-order chi connectivity index (χ0) is 13.0.